The first kappa shape index (κ1) is 72.7. The number of carbonyl (C=O) groups is 7. The van der Waals surface area contributed by atoms with E-state index >= 15 is 0 Å². The third kappa shape index (κ3) is 16.9. The lowest BCUT2D eigenvalue weighted by atomic mass is 9.95. The van der Waals surface area contributed by atoms with Gasteiger partial charge >= 0.3 is 42.1 Å². The molecule has 2 aromatic heterocycles. The van der Waals surface area contributed by atoms with Gasteiger partial charge in [-0.05, 0) is 83.8 Å². The molecule has 4 aromatic rings. The summed E-state index contributed by atoms with van der Waals surface area (Å²) in [6.45, 7) is 7.97. The Labute approximate surface area is 565 Å². The number of carboxylic acid groups (broad SMARTS) is 2. The number of ether oxygens (including phenoxy) is 2. The molecule has 6 aliphatic heterocycles. The number of nitrogens with one attached hydrogen (secondary N) is 2. The van der Waals surface area contributed by atoms with Gasteiger partial charge in [-0.25, -0.2) is 37.9 Å². The predicted octanol–water partition coefficient (Wildman–Crippen LogP) is 10.5. The molecule has 2 aliphatic carbocycles. The van der Waals surface area contributed by atoms with Crippen LogP contribution in [0.3, 0.4) is 0 Å². The number of aliphatic imine (C=N–C) groups is 2. The summed E-state index contributed by atoms with van der Waals surface area (Å²) in [4.78, 5) is 111. The molecule has 22 nitrogen and oxygen atoms in total. The van der Waals surface area contributed by atoms with E-state index in [0.29, 0.717) is 120 Å². The Bertz CT molecular complexity index is 3550. The Morgan fingerprint density at radius 1 is 0.670 bits per heavy atom. The minimum atomic E-state index is -4.64. The molecule has 12 rings (SSSR count). The van der Waals surface area contributed by atoms with Crippen molar-refractivity contribution >= 4 is 116 Å². The van der Waals surface area contributed by atoms with Crippen molar-refractivity contribution in [3.63, 3.8) is 0 Å². The van der Waals surface area contributed by atoms with Crippen molar-refractivity contribution in [1.82, 2.24) is 45.1 Å². The summed E-state index contributed by atoms with van der Waals surface area (Å²) in [6.07, 6.45) is 5.00. The van der Waals surface area contributed by atoms with Crippen LogP contribution in [0.5, 0.6) is 0 Å². The smallest absolute Gasteiger partial charge is 0.446 e. The van der Waals surface area contributed by atoms with Gasteiger partial charge in [-0.1, -0.05) is 63.4 Å². The van der Waals surface area contributed by atoms with Gasteiger partial charge in [0.05, 0.1) is 58.3 Å². The van der Waals surface area contributed by atoms with Crippen molar-refractivity contribution < 1.29 is 75.2 Å². The first-order chi connectivity index (χ1) is 44.5. The lowest BCUT2D eigenvalue weighted by Crippen LogP contribution is -2.53. The van der Waals surface area contributed by atoms with E-state index in [4.69, 9.17) is 47.6 Å². The van der Waals surface area contributed by atoms with Gasteiger partial charge in [0.1, 0.15) is 23.7 Å². The first-order valence-electron chi connectivity index (χ1n) is 30.1. The number of allylic oxidation sites excluding steroid dienone is 1. The van der Waals surface area contributed by atoms with Crippen molar-refractivity contribution in [1.29, 1.82) is 0 Å². The van der Waals surface area contributed by atoms with Crippen LogP contribution in [-0.2, 0) is 33.4 Å². The number of nitrogens with zero attached hydrogens (tertiary/aromatic N) is 9. The van der Waals surface area contributed by atoms with Crippen LogP contribution in [0.1, 0.15) is 105 Å². The number of thiazole rings is 2. The predicted molar refractivity (Wildman–Crippen MR) is 345 cm³/mol. The number of carbonyl (C=O) groups excluding carboxylic acids is 5. The second-order valence-electron chi connectivity index (χ2n) is 22.8. The minimum absolute atomic E-state index is 0. The number of alkyl halides is 4. The Kier molecular flexibility index (Phi) is 25.2. The zero-order chi connectivity index (χ0) is 66.8. The Morgan fingerprint density at radius 2 is 1.14 bits per heavy atom. The summed E-state index contributed by atoms with van der Waals surface area (Å²) < 4.78 is 70.5. The van der Waals surface area contributed by atoms with Crippen molar-refractivity contribution in [2.24, 2.45) is 21.8 Å². The van der Waals surface area contributed by atoms with Crippen molar-refractivity contribution in [3.05, 3.63) is 132 Å². The number of fused-ring (bicyclic) bond motifs is 2. The highest BCUT2D eigenvalue weighted by Crippen LogP contribution is 2.41. The molecule has 94 heavy (non-hydrogen) atoms. The number of piperazine rings is 1. The molecule has 8 aliphatic rings. The molecule has 0 radical (unpaired) electrons. The molecule has 8 heterocycles. The van der Waals surface area contributed by atoms with Gasteiger partial charge in [0.15, 0.2) is 21.7 Å². The largest absolute Gasteiger partial charge is 0.481 e. The molecule has 4 amide bonds. The highest BCUT2D eigenvalue weighted by molar-refractivity contribution is 9.09. The maximum Gasteiger partial charge on any atom is 0.446 e. The molecule has 0 spiro atoms. The third-order valence-corrected chi connectivity index (χ3v) is 20.0. The standard InChI is InChI=1S/C29H32ClFN6O5S.C17H14BrClFN3O2S.C13H20N2O3.C2HF3O.CH3/c1-2-42-28(40)22-21(33-25(26-32-8-11-43-26)34-24(22)19-4-3-5-20(31)23(19)30)15-35-9-10-36-18(13-35)14-37(29(36)41)17-7-6-16(12-17)27(38)39;1-2-25-17(24)12-11(8-18)22-15(16-21-6-7-26-16)23-14(12)9-4-3-5-10(20)13(9)19;16-12(17)9-4-5-10(7-9)15-8-11-3-1-2-6-14(11)13(15)18;3-2(4,5)1-6;/h3-5,8,11,16-18,24H,2,6-7,9-10,12-15H2,1H3,(H,33,34)(H,38,39);3-7,14H,2,8H2,1H3,(H,22,23);9-11H,1-8H2,(H,16,17);1H;1H3/q;;;;-1/t16?,17?,18-,24-;14-;9?,10?,11-;;/m000../s1. The number of aromatic nitrogens is 2. The zero-order valence-corrected chi connectivity index (χ0v) is 56.1. The summed E-state index contributed by atoms with van der Waals surface area (Å²) in [5.41, 5.74) is 2.40. The number of carboxylic acids is 2. The monoisotopic (exact) mass is 1450 g/mol. The lowest BCUT2D eigenvalue weighted by molar-refractivity contribution is -0.156. The number of urea groups is 2. The fraction of sp³-hybridized carbons (Fsp3) is 0.484. The molecule has 0 bridgehead atoms. The van der Waals surface area contributed by atoms with Crippen LogP contribution in [0.15, 0.2) is 92.1 Å². The summed E-state index contributed by atoms with van der Waals surface area (Å²) in [5, 5.41) is 30.0. The van der Waals surface area contributed by atoms with Crippen LogP contribution in [0, 0.1) is 30.9 Å². The number of amides is 4. The maximum absolute atomic E-state index is 14.6. The summed E-state index contributed by atoms with van der Waals surface area (Å²) in [6, 6.07) is 7.67. The SMILES string of the molecule is CCOC(=O)C1=C(CBr)NC(c2nccs2)=N[C@H]1c1cccc(F)c1Cl.CCOC(=O)C1=C(CN2CCN3C(=O)N(C4CCC(C(=O)O)C4)C[C@@H]3C2)NC(c2nccs2)=N[C@H]1c1cccc(F)c1Cl.O=C(O)C1CCC(N2C[C@@H]3CCCCN3C2=O)C1.O=CC(F)(F)F.[CH3-]. The molecule has 8 atom stereocenters. The van der Waals surface area contributed by atoms with Gasteiger partial charge < -0.3 is 57.3 Å². The van der Waals surface area contributed by atoms with E-state index in [1.807, 2.05) is 30.4 Å². The van der Waals surface area contributed by atoms with Gasteiger partial charge in [0, 0.05) is 109 Å². The molecule has 6 fully saturated rings. The highest BCUT2D eigenvalue weighted by atomic mass is 79.9. The van der Waals surface area contributed by atoms with Crippen LogP contribution < -0.4 is 10.6 Å². The van der Waals surface area contributed by atoms with Gasteiger partial charge in [-0.3, -0.25) is 29.3 Å². The summed E-state index contributed by atoms with van der Waals surface area (Å²) in [5.74, 6) is -3.52. The zero-order valence-electron chi connectivity index (χ0n) is 51.3. The molecular formula is C62H70BrCl2F5N11O11S2-. The number of rotatable bonds is 15. The second-order valence-corrected chi connectivity index (χ2v) is 25.9. The third-order valence-electron chi connectivity index (χ3n) is 17.1. The molecule has 4 N–H and O–H groups in total. The number of aliphatic carboxylic acids is 2. The fourth-order valence-electron chi connectivity index (χ4n) is 12.7. The number of hydrogen-bond donors (Lipinski definition) is 4. The maximum atomic E-state index is 14.6. The number of piperidine rings is 1. The van der Waals surface area contributed by atoms with Crippen molar-refractivity contribution in [3.8, 4) is 0 Å². The van der Waals surface area contributed by atoms with Crippen molar-refractivity contribution in [2.45, 2.75) is 114 Å². The quantitative estimate of drug-likeness (QED) is 0.0283. The normalized spacial score (nSPS) is 24.1. The fourth-order valence-corrected chi connectivity index (χ4v) is 14.8. The molecule has 2 saturated carbocycles. The lowest BCUT2D eigenvalue weighted by Gasteiger charge is -2.38. The van der Waals surface area contributed by atoms with Gasteiger partial charge in [0.2, 0.25) is 6.29 Å². The number of esters is 2. The number of halogens is 8. The summed E-state index contributed by atoms with van der Waals surface area (Å²) >= 11 is 18.8. The molecule has 4 unspecified atom stereocenters. The van der Waals surface area contributed by atoms with Gasteiger partial charge in [0.25, 0.3) is 0 Å². The highest BCUT2D eigenvalue weighted by Gasteiger charge is 2.48. The number of hydrogen-bond acceptors (Lipinski definition) is 18. The average molecular weight is 1460 g/mol. The van der Waals surface area contributed by atoms with Crippen LogP contribution in [0.25, 0.3) is 0 Å². The number of amidine groups is 2. The van der Waals surface area contributed by atoms with E-state index in [1.165, 1.54) is 53.4 Å². The molecule has 508 valence electrons. The Hall–Kier alpha value is -7.12. The first-order valence-corrected chi connectivity index (χ1v) is 33.8. The number of aldehydes is 1. The average Bonchev–Trinajstić information content (AvgIpc) is 1.09. The van der Waals surface area contributed by atoms with E-state index in [0.717, 1.165) is 32.4 Å². The van der Waals surface area contributed by atoms with E-state index in [9.17, 15) is 55.8 Å². The Balaban J connectivity index is 0.000000188. The van der Waals surface area contributed by atoms with E-state index in [2.05, 4.69) is 46.4 Å². The molecule has 32 heteroatoms. The second kappa shape index (κ2) is 32.5. The van der Waals surface area contributed by atoms with E-state index < -0.39 is 66.0 Å². The molecule has 2 aromatic carbocycles. The van der Waals surface area contributed by atoms with E-state index in [-0.39, 0.29) is 77.9 Å². The van der Waals surface area contributed by atoms with Crippen LogP contribution in [-0.4, -0.2) is 193 Å². The number of benzene rings is 2. The van der Waals surface area contributed by atoms with Crippen LogP contribution in [0.4, 0.5) is 31.5 Å². The van der Waals surface area contributed by atoms with Gasteiger partial charge in [-0.2, -0.15) is 13.2 Å². The van der Waals surface area contributed by atoms with Crippen LogP contribution in [0.2, 0.25) is 10.0 Å². The molecule has 4 saturated heterocycles. The topological polar surface area (TPSA) is 269 Å². The molecular weight excluding hydrogens is 1380 g/mol. The van der Waals surface area contributed by atoms with E-state index in [1.54, 1.807) is 38.4 Å². The minimum Gasteiger partial charge on any atom is -0.481 e. The Morgan fingerprint density at radius 3 is 1.56 bits per heavy atom. The van der Waals surface area contributed by atoms with Gasteiger partial charge in [-0.15, -0.1) is 22.7 Å². The van der Waals surface area contributed by atoms with Crippen LogP contribution >= 0.6 is 61.8 Å². The summed E-state index contributed by atoms with van der Waals surface area (Å²) in [7, 11) is 0. The van der Waals surface area contributed by atoms with Crippen molar-refractivity contribution in [2.75, 3.05) is 64.4 Å².